The Balaban J connectivity index is 2.06. The number of rotatable bonds is 10. The Bertz CT molecular complexity index is 211. The molecular formula is C15H31NO2. The molecule has 1 saturated carbocycles. The second kappa shape index (κ2) is 8.89. The summed E-state index contributed by atoms with van der Waals surface area (Å²) >= 11 is 0. The normalized spacial score (nSPS) is 27.8. The molecule has 0 aromatic rings. The van der Waals surface area contributed by atoms with Crippen LogP contribution in [0.15, 0.2) is 0 Å². The van der Waals surface area contributed by atoms with Gasteiger partial charge in [-0.05, 0) is 50.5 Å². The van der Waals surface area contributed by atoms with E-state index in [1.165, 1.54) is 45.1 Å². The van der Waals surface area contributed by atoms with Crippen LogP contribution in [0.2, 0.25) is 0 Å². The van der Waals surface area contributed by atoms with Crippen molar-refractivity contribution in [1.29, 1.82) is 0 Å². The lowest BCUT2D eigenvalue weighted by atomic mass is 9.84. The summed E-state index contributed by atoms with van der Waals surface area (Å²) in [6, 6.07) is 0.754. The topological polar surface area (TPSA) is 30.5 Å². The third kappa shape index (κ3) is 6.17. The van der Waals surface area contributed by atoms with Crippen LogP contribution in [-0.2, 0) is 9.47 Å². The van der Waals surface area contributed by atoms with Crippen LogP contribution in [0.4, 0.5) is 0 Å². The van der Waals surface area contributed by atoms with E-state index in [0.717, 1.165) is 19.3 Å². The molecule has 0 aliphatic heterocycles. The summed E-state index contributed by atoms with van der Waals surface area (Å²) in [6.45, 7) is 8.16. The van der Waals surface area contributed by atoms with Crippen LogP contribution in [-0.4, -0.2) is 39.5 Å². The second-order valence-corrected chi connectivity index (χ2v) is 5.91. The molecule has 0 heterocycles. The fraction of sp³-hybridized carbons (Fsp3) is 1.00. The Hall–Kier alpha value is -0.120. The molecule has 1 aliphatic rings. The number of methoxy groups -OCH3 is 1. The zero-order valence-electron chi connectivity index (χ0n) is 12.5. The maximum Gasteiger partial charge on any atom is 0.0700 e. The molecule has 2 unspecified atom stereocenters. The Kier molecular flexibility index (Phi) is 7.87. The molecule has 0 aromatic heterocycles. The molecule has 0 aromatic carbocycles. The summed E-state index contributed by atoms with van der Waals surface area (Å²) in [7, 11) is 1.71. The van der Waals surface area contributed by atoms with Gasteiger partial charge in [0.15, 0.2) is 0 Å². The van der Waals surface area contributed by atoms with E-state index in [4.69, 9.17) is 9.47 Å². The maximum atomic E-state index is 5.53. The molecular weight excluding hydrogens is 226 g/mol. The van der Waals surface area contributed by atoms with Crippen molar-refractivity contribution < 1.29 is 9.47 Å². The molecule has 0 amide bonds. The van der Waals surface area contributed by atoms with Gasteiger partial charge in [0.1, 0.15) is 0 Å². The predicted octanol–water partition coefficient (Wildman–Crippen LogP) is 2.99. The smallest absolute Gasteiger partial charge is 0.0700 e. The molecule has 1 N–H and O–H groups in total. The van der Waals surface area contributed by atoms with Crippen molar-refractivity contribution in [2.24, 2.45) is 5.41 Å². The van der Waals surface area contributed by atoms with Crippen LogP contribution >= 0.6 is 0 Å². The van der Waals surface area contributed by atoms with Crippen molar-refractivity contribution in [3.63, 3.8) is 0 Å². The van der Waals surface area contributed by atoms with E-state index in [2.05, 4.69) is 19.2 Å². The van der Waals surface area contributed by atoms with E-state index >= 15 is 0 Å². The number of hydrogen-bond acceptors (Lipinski definition) is 3. The SMILES string of the molecule is CCCNC1CCC(C)(CCCOCCOC)C1. The molecule has 0 radical (unpaired) electrons. The highest BCUT2D eigenvalue weighted by Crippen LogP contribution is 2.41. The largest absolute Gasteiger partial charge is 0.382 e. The van der Waals surface area contributed by atoms with Gasteiger partial charge in [-0.1, -0.05) is 13.8 Å². The van der Waals surface area contributed by atoms with Gasteiger partial charge in [0, 0.05) is 19.8 Å². The lowest BCUT2D eigenvalue weighted by molar-refractivity contribution is 0.0643. The highest BCUT2D eigenvalue weighted by Gasteiger charge is 2.33. The predicted molar refractivity (Wildman–Crippen MR) is 76.0 cm³/mol. The number of hydrogen-bond donors (Lipinski definition) is 1. The van der Waals surface area contributed by atoms with Gasteiger partial charge in [-0.3, -0.25) is 0 Å². The first kappa shape index (κ1) is 15.9. The first-order valence-electron chi connectivity index (χ1n) is 7.50. The Morgan fingerprint density at radius 3 is 2.83 bits per heavy atom. The van der Waals surface area contributed by atoms with E-state index < -0.39 is 0 Å². The van der Waals surface area contributed by atoms with E-state index in [0.29, 0.717) is 12.0 Å². The lowest BCUT2D eigenvalue weighted by Gasteiger charge is -2.24. The van der Waals surface area contributed by atoms with E-state index in [1.54, 1.807) is 7.11 Å². The van der Waals surface area contributed by atoms with Crippen LogP contribution in [0.3, 0.4) is 0 Å². The highest BCUT2D eigenvalue weighted by molar-refractivity contribution is 4.89. The minimum atomic E-state index is 0.538. The Morgan fingerprint density at radius 1 is 1.28 bits per heavy atom. The molecule has 1 fully saturated rings. The molecule has 0 saturated heterocycles. The highest BCUT2D eigenvalue weighted by atomic mass is 16.5. The summed E-state index contributed by atoms with van der Waals surface area (Å²) in [6.07, 6.45) is 7.77. The first-order chi connectivity index (χ1) is 8.70. The zero-order chi connectivity index (χ0) is 13.3. The minimum absolute atomic E-state index is 0.538. The average molecular weight is 257 g/mol. The van der Waals surface area contributed by atoms with Gasteiger partial charge in [-0.15, -0.1) is 0 Å². The van der Waals surface area contributed by atoms with E-state index in [-0.39, 0.29) is 0 Å². The van der Waals surface area contributed by atoms with Gasteiger partial charge < -0.3 is 14.8 Å². The van der Waals surface area contributed by atoms with E-state index in [1.807, 2.05) is 0 Å². The fourth-order valence-electron chi connectivity index (χ4n) is 2.92. The lowest BCUT2D eigenvalue weighted by Crippen LogP contribution is -2.28. The van der Waals surface area contributed by atoms with Crippen molar-refractivity contribution in [3.8, 4) is 0 Å². The molecule has 0 bridgehead atoms. The van der Waals surface area contributed by atoms with Gasteiger partial charge in [0.05, 0.1) is 13.2 Å². The molecule has 108 valence electrons. The molecule has 18 heavy (non-hydrogen) atoms. The molecule has 1 rings (SSSR count). The summed E-state index contributed by atoms with van der Waals surface area (Å²) in [5.41, 5.74) is 0.538. The van der Waals surface area contributed by atoms with Crippen molar-refractivity contribution in [1.82, 2.24) is 5.32 Å². The molecule has 3 nitrogen and oxygen atoms in total. The third-order valence-electron chi connectivity index (χ3n) is 4.02. The first-order valence-corrected chi connectivity index (χ1v) is 7.50. The van der Waals surface area contributed by atoms with Gasteiger partial charge in [-0.25, -0.2) is 0 Å². The van der Waals surface area contributed by atoms with Crippen molar-refractivity contribution in [2.45, 2.75) is 58.4 Å². The number of ether oxygens (including phenoxy) is 2. The monoisotopic (exact) mass is 257 g/mol. The van der Waals surface area contributed by atoms with Crippen LogP contribution < -0.4 is 5.32 Å². The molecule has 3 heteroatoms. The third-order valence-corrected chi connectivity index (χ3v) is 4.02. The second-order valence-electron chi connectivity index (χ2n) is 5.91. The Morgan fingerprint density at radius 2 is 2.11 bits per heavy atom. The summed E-state index contributed by atoms with van der Waals surface area (Å²) in [4.78, 5) is 0. The van der Waals surface area contributed by atoms with E-state index in [9.17, 15) is 0 Å². The summed E-state index contributed by atoms with van der Waals surface area (Å²) in [5.74, 6) is 0. The van der Waals surface area contributed by atoms with Crippen molar-refractivity contribution in [3.05, 3.63) is 0 Å². The molecule has 1 aliphatic carbocycles. The molecule has 0 spiro atoms. The fourth-order valence-corrected chi connectivity index (χ4v) is 2.92. The summed E-state index contributed by atoms with van der Waals surface area (Å²) < 4.78 is 10.5. The quantitative estimate of drug-likeness (QED) is 0.610. The van der Waals surface area contributed by atoms with Crippen LogP contribution in [0.1, 0.15) is 52.4 Å². The van der Waals surface area contributed by atoms with Gasteiger partial charge in [0.25, 0.3) is 0 Å². The van der Waals surface area contributed by atoms with Gasteiger partial charge in [-0.2, -0.15) is 0 Å². The van der Waals surface area contributed by atoms with Gasteiger partial charge in [0.2, 0.25) is 0 Å². The number of nitrogens with one attached hydrogen (secondary N) is 1. The van der Waals surface area contributed by atoms with Gasteiger partial charge >= 0.3 is 0 Å². The van der Waals surface area contributed by atoms with Crippen LogP contribution in [0.5, 0.6) is 0 Å². The standard InChI is InChI=1S/C15H31NO2/c1-4-9-16-14-6-8-15(2,13-14)7-5-10-18-12-11-17-3/h14,16H,4-13H2,1-3H3. The average Bonchev–Trinajstić information content (AvgIpc) is 2.73. The Labute approximate surface area is 113 Å². The molecule has 2 atom stereocenters. The summed E-state index contributed by atoms with van der Waals surface area (Å²) in [5, 5.41) is 3.66. The minimum Gasteiger partial charge on any atom is -0.382 e. The van der Waals surface area contributed by atoms with Crippen molar-refractivity contribution in [2.75, 3.05) is 33.5 Å². The van der Waals surface area contributed by atoms with Crippen molar-refractivity contribution >= 4 is 0 Å². The maximum absolute atomic E-state index is 5.53. The zero-order valence-corrected chi connectivity index (χ0v) is 12.5. The van der Waals surface area contributed by atoms with Crippen LogP contribution in [0.25, 0.3) is 0 Å². The van der Waals surface area contributed by atoms with Crippen LogP contribution in [0, 0.1) is 5.41 Å².